The van der Waals surface area contributed by atoms with Crippen LogP contribution in [0, 0.1) is 6.92 Å². The molecule has 1 aromatic carbocycles. The van der Waals surface area contributed by atoms with Gasteiger partial charge in [0.2, 0.25) is 17.6 Å². The molecule has 0 fully saturated rings. The van der Waals surface area contributed by atoms with Gasteiger partial charge in [-0.05, 0) is 43.2 Å². The summed E-state index contributed by atoms with van der Waals surface area (Å²) in [6.07, 6.45) is 3.28. The Hall–Kier alpha value is -3.02. The number of nitrogens with zero attached hydrogens (tertiary/aromatic N) is 3. The van der Waals surface area contributed by atoms with E-state index < -0.39 is 0 Å². The second-order valence-corrected chi connectivity index (χ2v) is 5.50. The molecule has 0 saturated heterocycles. The number of hydrogen-bond donors (Lipinski definition) is 1. The third-order valence-electron chi connectivity index (χ3n) is 3.46. The quantitative estimate of drug-likeness (QED) is 0.752. The highest BCUT2D eigenvalue weighted by Gasteiger charge is 2.10. The molecule has 0 atom stereocenters. The molecule has 1 N–H and O–H groups in total. The molecule has 3 aromatic rings. The van der Waals surface area contributed by atoms with Gasteiger partial charge in [0.1, 0.15) is 5.69 Å². The monoisotopic (exact) mass is 322 g/mol. The molecule has 0 aliphatic heterocycles. The Kier molecular flexibility index (Phi) is 4.96. The highest BCUT2D eigenvalue weighted by molar-refractivity contribution is 5.90. The van der Waals surface area contributed by atoms with Gasteiger partial charge >= 0.3 is 0 Å². The molecule has 3 rings (SSSR count). The molecule has 0 radical (unpaired) electrons. The van der Waals surface area contributed by atoms with E-state index >= 15 is 0 Å². The van der Waals surface area contributed by atoms with Crippen LogP contribution in [0.25, 0.3) is 11.5 Å². The van der Waals surface area contributed by atoms with Crippen LogP contribution < -0.4 is 5.32 Å². The summed E-state index contributed by atoms with van der Waals surface area (Å²) in [5, 5.41) is 6.80. The molecule has 122 valence electrons. The highest BCUT2D eigenvalue weighted by Crippen LogP contribution is 2.14. The fraction of sp³-hybridized carbons (Fsp3) is 0.222. The van der Waals surface area contributed by atoms with Crippen LogP contribution in [0.15, 0.2) is 53.2 Å². The van der Waals surface area contributed by atoms with E-state index in [0.29, 0.717) is 36.7 Å². The lowest BCUT2D eigenvalue weighted by Crippen LogP contribution is -2.11. The first kappa shape index (κ1) is 15.9. The smallest absolute Gasteiger partial charge is 0.227 e. The summed E-state index contributed by atoms with van der Waals surface area (Å²) < 4.78 is 5.20. The van der Waals surface area contributed by atoms with Crippen molar-refractivity contribution >= 4 is 11.6 Å². The van der Waals surface area contributed by atoms with E-state index in [1.165, 1.54) is 0 Å². The van der Waals surface area contributed by atoms with Gasteiger partial charge in [0.05, 0.1) is 0 Å². The average molecular weight is 322 g/mol. The van der Waals surface area contributed by atoms with Crippen molar-refractivity contribution < 1.29 is 9.32 Å². The number of pyridine rings is 1. The summed E-state index contributed by atoms with van der Waals surface area (Å²) in [6.45, 7) is 1.99. The largest absolute Gasteiger partial charge is 0.339 e. The molecule has 0 unspecified atom stereocenters. The van der Waals surface area contributed by atoms with Crippen molar-refractivity contribution in [2.75, 3.05) is 5.32 Å². The van der Waals surface area contributed by atoms with Gasteiger partial charge in [-0.2, -0.15) is 4.98 Å². The predicted molar refractivity (Wildman–Crippen MR) is 90.3 cm³/mol. The molecule has 6 heteroatoms. The number of carbonyl (C=O) groups is 1. The number of benzene rings is 1. The number of rotatable bonds is 6. The van der Waals surface area contributed by atoms with Crippen molar-refractivity contribution in [2.24, 2.45) is 0 Å². The van der Waals surface area contributed by atoms with E-state index in [2.05, 4.69) is 20.4 Å². The van der Waals surface area contributed by atoms with Crippen LogP contribution in [-0.2, 0) is 11.2 Å². The standard InChI is InChI=1S/C18H18N4O2/c1-13-6-4-7-14(12-13)20-16(23)9-5-10-17-21-18(22-24-17)15-8-2-3-11-19-15/h2-4,6-8,11-12H,5,9-10H2,1H3,(H,20,23). The number of nitrogens with one attached hydrogen (secondary N) is 1. The van der Waals surface area contributed by atoms with E-state index in [9.17, 15) is 4.79 Å². The van der Waals surface area contributed by atoms with Gasteiger partial charge in [-0.3, -0.25) is 9.78 Å². The molecule has 0 aliphatic carbocycles. The molecule has 2 heterocycles. The lowest BCUT2D eigenvalue weighted by atomic mass is 10.2. The minimum atomic E-state index is -0.0231. The van der Waals surface area contributed by atoms with Gasteiger partial charge < -0.3 is 9.84 Å². The fourth-order valence-electron chi connectivity index (χ4n) is 2.30. The summed E-state index contributed by atoms with van der Waals surface area (Å²) in [4.78, 5) is 20.4. The van der Waals surface area contributed by atoms with Gasteiger partial charge in [-0.15, -0.1) is 0 Å². The molecule has 0 saturated carbocycles. The lowest BCUT2D eigenvalue weighted by molar-refractivity contribution is -0.116. The van der Waals surface area contributed by atoms with Gasteiger partial charge in [0.15, 0.2) is 0 Å². The van der Waals surface area contributed by atoms with E-state index in [0.717, 1.165) is 11.3 Å². The molecule has 2 aromatic heterocycles. The van der Waals surface area contributed by atoms with Gasteiger partial charge in [0, 0.05) is 24.7 Å². The topological polar surface area (TPSA) is 80.9 Å². The Balaban J connectivity index is 1.48. The average Bonchev–Trinajstić information content (AvgIpc) is 3.04. The highest BCUT2D eigenvalue weighted by atomic mass is 16.5. The molecule has 1 amide bonds. The van der Waals surface area contributed by atoms with Crippen LogP contribution in [-0.4, -0.2) is 21.0 Å². The van der Waals surface area contributed by atoms with Crippen molar-refractivity contribution in [3.05, 3.63) is 60.1 Å². The molecule has 6 nitrogen and oxygen atoms in total. The summed E-state index contributed by atoms with van der Waals surface area (Å²) >= 11 is 0. The fourth-order valence-corrected chi connectivity index (χ4v) is 2.30. The first-order chi connectivity index (χ1) is 11.7. The van der Waals surface area contributed by atoms with Crippen LogP contribution in [0.5, 0.6) is 0 Å². The summed E-state index contributed by atoms with van der Waals surface area (Å²) in [6, 6.07) is 13.2. The van der Waals surface area contributed by atoms with Gasteiger partial charge in [0.25, 0.3) is 0 Å². The van der Waals surface area contributed by atoms with Crippen LogP contribution in [0.2, 0.25) is 0 Å². The maximum atomic E-state index is 12.0. The van der Waals surface area contributed by atoms with E-state index in [-0.39, 0.29) is 5.91 Å². The van der Waals surface area contributed by atoms with Crippen molar-refractivity contribution in [1.29, 1.82) is 0 Å². The second-order valence-electron chi connectivity index (χ2n) is 5.50. The zero-order valence-corrected chi connectivity index (χ0v) is 13.4. The number of anilines is 1. The summed E-state index contributed by atoms with van der Waals surface area (Å²) in [7, 11) is 0. The van der Waals surface area contributed by atoms with E-state index in [4.69, 9.17) is 4.52 Å². The zero-order chi connectivity index (χ0) is 16.8. The van der Waals surface area contributed by atoms with Crippen molar-refractivity contribution in [2.45, 2.75) is 26.2 Å². The minimum Gasteiger partial charge on any atom is -0.339 e. The van der Waals surface area contributed by atoms with Crippen molar-refractivity contribution in [3.63, 3.8) is 0 Å². The molecule has 0 bridgehead atoms. The molecule has 0 spiro atoms. The van der Waals surface area contributed by atoms with Crippen molar-refractivity contribution in [1.82, 2.24) is 15.1 Å². The molecular weight excluding hydrogens is 304 g/mol. The molecular formula is C18H18N4O2. The maximum Gasteiger partial charge on any atom is 0.227 e. The van der Waals surface area contributed by atoms with Crippen LogP contribution in [0.1, 0.15) is 24.3 Å². The lowest BCUT2D eigenvalue weighted by Gasteiger charge is -2.05. The van der Waals surface area contributed by atoms with E-state index in [1.807, 2.05) is 49.4 Å². The molecule has 0 aliphatic rings. The Morgan fingerprint density at radius 3 is 2.92 bits per heavy atom. The summed E-state index contributed by atoms with van der Waals surface area (Å²) in [5.74, 6) is 0.957. The minimum absolute atomic E-state index is 0.0231. The normalized spacial score (nSPS) is 10.5. The zero-order valence-electron chi connectivity index (χ0n) is 13.4. The predicted octanol–water partition coefficient (Wildman–Crippen LogP) is 3.40. The number of hydrogen-bond acceptors (Lipinski definition) is 5. The van der Waals surface area contributed by atoms with Gasteiger partial charge in [-0.25, -0.2) is 0 Å². The number of aromatic nitrogens is 3. The van der Waals surface area contributed by atoms with Crippen LogP contribution >= 0.6 is 0 Å². The summed E-state index contributed by atoms with van der Waals surface area (Å²) in [5.41, 5.74) is 2.60. The number of carbonyl (C=O) groups excluding carboxylic acids is 1. The maximum absolute atomic E-state index is 12.0. The Morgan fingerprint density at radius 1 is 1.21 bits per heavy atom. The third-order valence-corrected chi connectivity index (χ3v) is 3.46. The Bertz CT molecular complexity index is 815. The van der Waals surface area contributed by atoms with Crippen molar-refractivity contribution in [3.8, 4) is 11.5 Å². The Labute approximate surface area is 139 Å². The van der Waals surface area contributed by atoms with Gasteiger partial charge in [-0.1, -0.05) is 23.4 Å². The van der Waals surface area contributed by atoms with Crippen LogP contribution in [0.4, 0.5) is 5.69 Å². The molecule has 24 heavy (non-hydrogen) atoms. The first-order valence-corrected chi connectivity index (χ1v) is 7.81. The Morgan fingerprint density at radius 2 is 2.12 bits per heavy atom. The second kappa shape index (κ2) is 7.50. The third kappa shape index (κ3) is 4.25. The first-order valence-electron chi connectivity index (χ1n) is 7.81. The van der Waals surface area contributed by atoms with Crippen LogP contribution in [0.3, 0.4) is 0 Å². The number of aryl methyl sites for hydroxylation is 2. The number of amides is 1. The SMILES string of the molecule is Cc1cccc(NC(=O)CCCc2nc(-c3ccccn3)no2)c1. The van der Waals surface area contributed by atoms with E-state index in [1.54, 1.807) is 6.20 Å².